The molecule has 0 saturated heterocycles. The van der Waals surface area contributed by atoms with E-state index in [1.54, 1.807) is 36.4 Å². The molecule has 2 aromatic rings. The van der Waals surface area contributed by atoms with Crippen LogP contribution in [0.2, 0.25) is 0 Å². The van der Waals surface area contributed by atoms with Gasteiger partial charge in [-0.25, -0.2) is 0 Å². The third kappa shape index (κ3) is 3.24. The van der Waals surface area contributed by atoms with E-state index in [9.17, 15) is 13.9 Å². The summed E-state index contributed by atoms with van der Waals surface area (Å²) in [7, 11) is 0. The zero-order valence-corrected chi connectivity index (χ0v) is 10.5. The van der Waals surface area contributed by atoms with E-state index < -0.39 is 5.76 Å². The standard InChI is InChI=1S/C14H9F2NOS/c15-14(16)19-12-4-1-9(2-5-12)10-3-6-13(18)11(7-10)8-17/h1-7,14,18H. The largest absolute Gasteiger partial charge is 0.507 e. The lowest BCUT2D eigenvalue weighted by Crippen LogP contribution is -1.84. The molecule has 2 nitrogen and oxygen atoms in total. The first-order chi connectivity index (χ1) is 9.10. The summed E-state index contributed by atoms with van der Waals surface area (Å²) in [6, 6.07) is 13.2. The fraction of sp³-hybridized carbons (Fsp3) is 0.0714. The van der Waals surface area contributed by atoms with Gasteiger partial charge in [0.2, 0.25) is 0 Å². The molecular weight excluding hydrogens is 268 g/mol. The molecule has 0 aliphatic heterocycles. The van der Waals surface area contributed by atoms with Gasteiger partial charge in [-0.15, -0.1) is 0 Å². The maximum absolute atomic E-state index is 12.2. The number of halogens is 2. The third-order valence-electron chi connectivity index (χ3n) is 2.53. The highest BCUT2D eigenvalue weighted by molar-refractivity contribution is 7.99. The lowest BCUT2D eigenvalue weighted by atomic mass is 10.0. The molecule has 19 heavy (non-hydrogen) atoms. The Morgan fingerprint density at radius 2 is 1.68 bits per heavy atom. The Morgan fingerprint density at radius 3 is 2.26 bits per heavy atom. The minimum atomic E-state index is -2.44. The van der Waals surface area contributed by atoms with Gasteiger partial charge in [-0.05, 0) is 35.4 Å². The Hall–Kier alpha value is -2.06. The normalized spacial score (nSPS) is 10.4. The number of nitriles is 1. The quantitative estimate of drug-likeness (QED) is 0.853. The topological polar surface area (TPSA) is 44.0 Å². The molecule has 0 aliphatic rings. The monoisotopic (exact) mass is 277 g/mol. The molecular formula is C14H9F2NOS. The fourth-order valence-electron chi connectivity index (χ4n) is 1.63. The van der Waals surface area contributed by atoms with Crippen molar-refractivity contribution < 1.29 is 13.9 Å². The van der Waals surface area contributed by atoms with Crippen LogP contribution in [0, 0.1) is 11.3 Å². The summed E-state index contributed by atoms with van der Waals surface area (Å²) >= 11 is 0.487. The second-order valence-corrected chi connectivity index (χ2v) is 4.81. The van der Waals surface area contributed by atoms with Crippen molar-refractivity contribution in [3.8, 4) is 22.9 Å². The first kappa shape index (κ1) is 13.4. The van der Waals surface area contributed by atoms with E-state index in [1.165, 1.54) is 6.07 Å². The van der Waals surface area contributed by atoms with Crippen LogP contribution < -0.4 is 0 Å². The van der Waals surface area contributed by atoms with Crippen LogP contribution in [0.4, 0.5) is 8.78 Å². The molecule has 2 rings (SSSR count). The van der Waals surface area contributed by atoms with Gasteiger partial charge in [0, 0.05) is 4.90 Å². The molecule has 0 fully saturated rings. The number of rotatable bonds is 3. The molecule has 0 spiro atoms. The number of thioether (sulfide) groups is 1. The van der Waals surface area contributed by atoms with Gasteiger partial charge < -0.3 is 5.11 Å². The minimum absolute atomic E-state index is 0.0730. The molecule has 0 aliphatic carbocycles. The molecule has 0 bridgehead atoms. The van der Waals surface area contributed by atoms with Crippen LogP contribution in [-0.2, 0) is 0 Å². The van der Waals surface area contributed by atoms with E-state index >= 15 is 0 Å². The van der Waals surface area contributed by atoms with Gasteiger partial charge in [-0.2, -0.15) is 14.0 Å². The molecule has 0 saturated carbocycles. The first-order valence-corrected chi connectivity index (χ1v) is 6.26. The first-order valence-electron chi connectivity index (χ1n) is 5.38. The van der Waals surface area contributed by atoms with Crippen molar-refractivity contribution in [1.29, 1.82) is 5.26 Å². The van der Waals surface area contributed by atoms with E-state index in [0.29, 0.717) is 16.7 Å². The fourth-order valence-corrected chi connectivity index (χ4v) is 2.13. The summed E-state index contributed by atoms with van der Waals surface area (Å²) in [6.07, 6.45) is 0. The van der Waals surface area contributed by atoms with Crippen LogP contribution >= 0.6 is 11.8 Å². The van der Waals surface area contributed by atoms with Crippen molar-refractivity contribution >= 4 is 11.8 Å². The zero-order chi connectivity index (χ0) is 13.8. The number of phenolic OH excluding ortho intramolecular Hbond substituents is 1. The molecule has 0 amide bonds. The summed E-state index contributed by atoms with van der Waals surface area (Å²) in [5.74, 6) is -2.51. The number of benzene rings is 2. The lowest BCUT2D eigenvalue weighted by Gasteiger charge is -2.05. The molecule has 0 heterocycles. The molecule has 0 atom stereocenters. The highest BCUT2D eigenvalue weighted by atomic mass is 32.2. The van der Waals surface area contributed by atoms with Gasteiger partial charge in [0.05, 0.1) is 5.56 Å². The van der Waals surface area contributed by atoms with Crippen molar-refractivity contribution in [2.24, 2.45) is 0 Å². The van der Waals surface area contributed by atoms with Crippen LogP contribution in [0.15, 0.2) is 47.4 Å². The molecule has 0 aromatic heterocycles. The van der Waals surface area contributed by atoms with Gasteiger partial charge in [-0.1, -0.05) is 30.0 Å². The molecule has 5 heteroatoms. The summed E-state index contributed by atoms with van der Waals surface area (Å²) in [6.45, 7) is 0. The molecule has 0 unspecified atom stereocenters. The predicted molar refractivity (Wildman–Crippen MR) is 70.1 cm³/mol. The second kappa shape index (κ2) is 5.72. The Morgan fingerprint density at radius 1 is 1.05 bits per heavy atom. The number of phenols is 1. The zero-order valence-electron chi connectivity index (χ0n) is 9.68. The Bertz CT molecular complexity index is 620. The molecule has 1 N–H and O–H groups in total. The minimum Gasteiger partial charge on any atom is -0.507 e. The van der Waals surface area contributed by atoms with Crippen LogP contribution in [0.3, 0.4) is 0 Å². The van der Waals surface area contributed by atoms with Gasteiger partial charge >= 0.3 is 0 Å². The SMILES string of the molecule is N#Cc1cc(-c2ccc(SC(F)F)cc2)ccc1O. The average molecular weight is 277 g/mol. The summed E-state index contributed by atoms with van der Waals surface area (Å²) in [5.41, 5.74) is 1.74. The van der Waals surface area contributed by atoms with Crippen LogP contribution in [0.1, 0.15) is 5.56 Å². The predicted octanol–water partition coefficient (Wildman–Crippen LogP) is 4.25. The summed E-state index contributed by atoms with van der Waals surface area (Å²) in [5, 5.41) is 18.3. The Balaban J connectivity index is 2.30. The molecule has 0 radical (unpaired) electrons. The van der Waals surface area contributed by atoms with E-state index in [4.69, 9.17) is 5.26 Å². The van der Waals surface area contributed by atoms with Gasteiger partial charge in [0.25, 0.3) is 5.76 Å². The van der Waals surface area contributed by atoms with E-state index in [1.807, 2.05) is 6.07 Å². The van der Waals surface area contributed by atoms with Crippen LogP contribution in [-0.4, -0.2) is 10.9 Å². The highest BCUT2D eigenvalue weighted by Gasteiger charge is 2.07. The van der Waals surface area contributed by atoms with Crippen molar-refractivity contribution in [3.05, 3.63) is 48.0 Å². The second-order valence-electron chi connectivity index (χ2n) is 3.75. The van der Waals surface area contributed by atoms with Crippen molar-refractivity contribution in [3.63, 3.8) is 0 Å². The number of hydrogen-bond acceptors (Lipinski definition) is 3. The number of alkyl halides is 2. The maximum atomic E-state index is 12.2. The smallest absolute Gasteiger partial charge is 0.288 e. The van der Waals surface area contributed by atoms with E-state index in [2.05, 4.69) is 0 Å². The highest BCUT2D eigenvalue weighted by Crippen LogP contribution is 2.29. The van der Waals surface area contributed by atoms with Crippen molar-refractivity contribution in [2.75, 3.05) is 0 Å². The van der Waals surface area contributed by atoms with Gasteiger partial charge in [-0.3, -0.25) is 0 Å². The summed E-state index contributed by atoms with van der Waals surface area (Å²) in [4.78, 5) is 0.484. The Kier molecular flexibility index (Phi) is 4.03. The number of aromatic hydroxyl groups is 1. The third-order valence-corrected chi connectivity index (χ3v) is 3.25. The number of hydrogen-bond donors (Lipinski definition) is 1. The van der Waals surface area contributed by atoms with Crippen LogP contribution in [0.25, 0.3) is 11.1 Å². The van der Waals surface area contributed by atoms with Gasteiger partial charge in [0.1, 0.15) is 11.8 Å². The van der Waals surface area contributed by atoms with E-state index in [-0.39, 0.29) is 11.3 Å². The number of nitrogens with zero attached hydrogens (tertiary/aromatic N) is 1. The van der Waals surface area contributed by atoms with Gasteiger partial charge in [0.15, 0.2) is 0 Å². The summed E-state index contributed by atoms with van der Waals surface area (Å²) < 4.78 is 24.4. The maximum Gasteiger partial charge on any atom is 0.288 e. The van der Waals surface area contributed by atoms with Crippen molar-refractivity contribution in [1.82, 2.24) is 0 Å². The van der Waals surface area contributed by atoms with Crippen molar-refractivity contribution in [2.45, 2.75) is 10.7 Å². The molecule has 2 aromatic carbocycles. The average Bonchev–Trinajstić information content (AvgIpc) is 2.40. The molecule has 96 valence electrons. The Labute approximate surface area is 113 Å². The van der Waals surface area contributed by atoms with E-state index in [0.717, 1.165) is 11.1 Å². The van der Waals surface area contributed by atoms with Crippen LogP contribution in [0.5, 0.6) is 5.75 Å². The lowest BCUT2D eigenvalue weighted by molar-refractivity contribution is 0.252.